The Morgan fingerprint density at radius 2 is 1.90 bits per heavy atom. The van der Waals surface area contributed by atoms with Crippen LogP contribution in [0.2, 0.25) is 0 Å². The molecule has 1 aromatic heterocycles. The molecular formula is C18H24O2. The van der Waals surface area contributed by atoms with Gasteiger partial charge in [0, 0.05) is 11.5 Å². The molecule has 1 heterocycles. The van der Waals surface area contributed by atoms with Crippen molar-refractivity contribution in [2.75, 3.05) is 0 Å². The highest BCUT2D eigenvalue weighted by atomic mass is 16.4. The summed E-state index contributed by atoms with van der Waals surface area (Å²) in [7, 11) is 0. The van der Waals surface area contributed by atoms with Crippen molar-refractivity contribution in [2.45, 2.75) is 58.8 Å². The van der Waals surface area contributed by atoms with Crippen LogP contribution in [0.1, 0.15) is 58.1 Å². The normalized spacial score (nSPS) is 12.0. The highest BCUT2D eigenvalue weighted by Gasteiger charge is 2.19. The van der Waals surface area contributed by atoms with Crippen molar-refractivity contribution in [3.63, 3.8) is 0 Å². The Labute approximate surface area is 120 Å². The van der Waals surface area contributed by atoms with Crippen LogP contribution in [0.25, 0.3) is 11.0 Å². The molecule has 0 aliphatic heterocycles. The predicted molar refractivity (Wildman–Crippen MR) is 84.4 cm³/mol. The molecule has 0 spiro atoms. The summed E-state index contributed by atoms with van der Waals surface area (Å²) in [6.45, 7) is 8.78. The number of unbranched alkanes of at least 4 members (excludes halogenated alkanes) is 2. The van der Waals surface area contributed by atoms with Crippen molar-refractivity contribution in [3.05, 3.63) is 45.8 Å². The summed E-state index contributed by atoms with van der Waals surface area (Å²) in [5.74, 6) is 0. The zero-order chi connectivity index (χ0) is 14.8. The lowest BCUT2D eigenvalue weighted by Crippen LogP contribution is -2.13. The van der Waals surface area contributed by atoms with Gasteiger partial charge in [0.15, 0.2) is 0 Å². The molecule has 2 aromatic rings. The maximum absolute atomic E-state index is 11.7. The largest absolute Gasteiger partial charge is 0.423 e. The van der Waals surface area contributed by atoms with Crippen molar-refractivity contribution >= 4 is 11.0 Å². The monoisotopic (exact) mass is 272 g/mol. The molecule has 0 saturated carbocycles. The van der Waals surface area contributed by atoms with E-state index < -0.39 is 0 Å². The van der Waals surface area contributed by atoms with Crippen LogP contribution in [0.15, 0.2) is 33.5 Å². The van der Waals surface area contributed by atoms with Crippen molar-refractivity contribution in [1.29, 1.82) is 0 Å². The summed E-state index contributed by atoms with van der Waals surface area (Å²) in [5.41, 5.74) is 2.91. The van der Waals surface area contributed by atoms with Gasteiger partial charge in [-0.1, -0.05) is 52.7 Å². The third-order valence-corrected chi connectivity index (χ3v) is 3.71. The molecule has 0 N–H and O–H groups in total. The van der Waals surface area contributed by atoms with Gasteiger partial charge in [0.2, 0.25) is 0 Å². The summed E-state index contributed by atoms with van der Waals surface area (Å²) in [5, 5.41) is 1.13. The van der Waals surface area contributed by atoms with Crippen LogP contribution in [-0.4, -0.2) is 0 Å². The smallest absolute Gasteiger partial charge is 0.336 e. The molecule has 1 aromatic carbocycles. The van der Waals surface area contributed by atoms with Crippen LogP contribution in [0, 0.1) is 0 Å². The van der Waals surface area contributed by atoms with Gasteiger partial charge in [0.1, 0.15) is 5.58 Å². The average Bonchev–Trinajstić information content (AvgIpc) is 2.36. The van der Waals surface area contributed by atoms with Gasteiger partial charge in [-0.3, -0.25) is 0 Å². The first-order chi connectivity index (χ1) is 9.43. The second-order valence-corrected chi connectivity index (χ2v) is 6.48. The summed E-state index contributed by atoms with van der Waals surface area (Å²) in [6.07, 6.45) is 4.45. The number of hydrogen-bond acceptors (Lipinski definition) is 2. The molecule has 108 valence electrons. The second-order valence-electron chi connectivity index (χ2n) is 6.48. The summed E-state index contributed by atoms with van der Waals surface area (Å²) in [4.78, 5) is 11.7. The SMILES string of the molecule is CCCCCc1cc(=O)oc2cccc(C(C)(C)C)c12. The van der Waals surface area contributed by atoms with Gasteiger partial charge < -0.3 is 4.42 Å². The molecule has 0 fully saturated rings. The van der Waals surface area contributed by atoms with Gasteiger partial charge in [0.05, 0.1) is 0 Å². The van der Waals surface area contributed by atoms with E-state index >= 15 is 0 Å². The van der Waals surface area contributed by atoms with Crippen molar-refractivity contribution < 1.29 is 4.42 Å². The van der Waals surface area contributed by atoms with E-state index in [9.17, 15) is 4.79 Å². The van der Waals surface area contributed by atoms with Crippen LogP contribution < -0.4 is 5.63 Å². The third kappa shape index (κ3) is 3.12. The molecular weight excluding hydrogens is 248 g/mol. The van der Waals surface area contributed by atoms with E-state index in [4.69, 9.17) is 4.42 Å². The van der Waals surface area contributed by atoms with Crippen molar-refractivity contribution in [2.24, 2.45) is 0 Å². The minimum Gasteiger partial charge on any atom is -0.423 e. The number of aryl methyl sites for hydroxylation is 1. The molecule has 0 aliphatic rings. The lowest BCUT2D eigenvalue weighted by atomic mass is 9.83. The Hall–Kier alpha value is -1.57. The molecule has 0 bridgehead atoms. The number of rotatable bonds is 4. The lowest BCUT2D eigenvalue weighted by Gasteiger charge is -2.22. The van der Waals surface area contributed by atoms with Gasteiger partial charge >= 0.3 is 5.63 Å². The number of fused-ring (bicyclic) bond motifs is 1. The van der Waals surface area contributed by atoms with Gasteiger partial charge in [-0.15, -0.1) is 0 Å². The van der Waals surface area contributed by atoms with E-state index in [1.54, 1.807) is 6.07 Å². The standard InChI is InChI=1S/C18H24O2/c1-5-6-7-9-13-12-16(19)20-15-11-8-10-14(17(13)15)18(2,3)4/h8,10-12H,5-7,9H2,1-4H3. The highest BCUT2D eigenvalue weighted by molar-refractivity contribution is 5.85. The van der Waals surface area contributed by atoms with E-state index in [2.05, 4.69) is 33.8 Å². The molecule has 20 heavy (non-hydrogen) atoms. The van der Waals surface area contributed by atoms with Crippen LogP contribution >= 0.6 is 0 Å². The van der Waals surface area contributed by atoms with E-state index in [-0.39, 0.29) is 11.0 Å². The van der Waals surface area contributed by atoms with E-state index in [0.29, 0.717) is 0 Å². The van der Waals surface area contributed by atoms with Crippen molar-refractivity contribution in [1.82, 2.24) is 0 Å². The summed E-state index contributed by atoms with van der Waals surface area (Å²) in [6, 6.07) is 7.69. The predicted octanol–water partition coefficient (Wildman–Crippen LogP) is 4.82. The Balaban J connectivity index is 2.62. The minimum atomic E-state index is -0.241. The summed E-state index contributed by atoms with van der Waals surface area (Å²) >= 11 is 0. The lowest BCUT2D eigenvalue weighted by molar-refractivity contribution is 0.552. The van der Waals surface area contributed by atoms with Crippen LogP contribution in [0.4, 0.5) is 0 Å². The molecule has 0 saturated heterocycles. The fourth-order valence-corrected chi connectivity index (χ4v) is 2.69. The van der Waals surface area contributed by atoms with Crippen LogP contribution in [-0.2, 0) is 11.8 Å². The van der Waals surface area contributed by atoms with Crippen molar-refractivity contribution in [3.8, 4) is 0 Å². The molecule has 2 rings (SSSR count). The first-order valence-corrected chi connectivity index (χ1v) is 7.49. The van der Waals surface area contributed by atoms with Gasteiger partial charge in [-0.2, -0.15) is 0 Å². The number of benzene rings is 1. The maximum atomic E-state index is 11.7. The fraction of sp³-hybridized carbons (Fsp3) is 0.500. The van der Waals surface area contributed by atoms with Crippen LogP contribution in [0.5, 0.6) is 0 Å². The Morgan fingerprint density at radius 1 is 1.15 bits per heavy atom. The maximum Gasteiger partial charge on any atom is 0.336 e. The molecule has 2 nitrogen and oxygen atoms in total. The van der Waals surface area contributed by atoms with E-state index in [1.807, 2.05) is 12.1 Å². The highest BCUT2D eigenvalue weighted by Crippen LogP contribution is 2.32. The first kappa shape index (κ1) is 14.8. The third-order valence-electron chi connectivity index (χ3n) is 3.71. The van der Waals surface area contributed by atoms with Gasteiger partial charge in [-0.25, -0.2) is 4.79 Å². The number of hydrogen-bond donors (Lipinski definition) is 0. The van der Waals surface area contributed by atoms with E-state index in [0.717, 1.165) is 29.4 Å². The van der Waals surface area contributed by atoms with Gasteiger partial charge in [-0.05, 0) is 35.4 Å². The average molecular weight is 272 g/mol. The Bertz CT molecular complexity index is 644. The minimum absolute atomic E-state index is 0.0406. The molecule has 0 radical (unpaired) electrons. The molecule has 0 unspecified atom stereocenters. The Morgan fingerprint density at radius 3 is 2.55 bits per heavy atom. The Kier molecular flexibility index (Phi) is 4.32. The van der Waals surface area contributed by atoms with Gasteiger partial charge in [0.25, 0.3) is 0 Å². The first-order valence-electron chi connectivity index (χ1n) is 7.49. The zero-order valence-electron chi connectivity index (χ0n) is 13.0. The molecule has 0 aliphatic carbocycles. The molecule has 2 heteroatoms. The quantitative estimate of drug-likeness (QED) is 0.590. The fourth-order valence-electron chi connectivity index (χ4n) is 2.69. The summed E-state index contributed by atoms with van der Waals surface area (Å²) < 4.78 is 5.39. The van der Waals surface area contributed by atoms with Crippen LogP contribution in [0.3, 0.4) is 0 Å². The zero-order valence-corrected chi connectivity index (χ0v) is 13.0. The topological polar surface area (TPSA) is 30.2 Å². The molecule has 0 amide bonds. The second kappa shape index (κ2) is 5.82. The molecule has 0 atom stereocenters. The van der Waals surface area contributed by atoms with E-state index in [1.165, 1.54) is 18.4 Å².